The molecule has 2 fully saturated rings. The summed E-state index contributed by atoms with van der Waals surface area (Å²) < 4.78 is 13.0. The van der Waals surface area contributed by atoms with Gasteiger partial charge in [0.15, 0.2) is 0 Å². The van der Waals surface area contributed by atoms with E-state index < -0.39 is 0 Å². The average molecular weight is 421 g/mol. The number of methoxy groups -OCH3 is 1. The first-order chi connectivity index (χ1) is 15.1. The van der Waals surface area contributed by atoms with E-state index in [-0.39, 0.29) is 11.8 Å². The Balaban J connectivity index is 1.30. The molecule has 1 saturated carbocycles. The molecule has 2 atom stereocenters. The van der Waals surface area contributed by atoms with Gasteiger partial charge in [0.2, 0.25) is 5.91 Å². The summed E-state index contributed by atoms with van der Waals surface area (Å²) in [5.74, 6) is 2.03. The number of para-hydroxylation sites is 1. The van der Waals surface area contributed by atoms with Gasteiger partial charge >= 0.3 is 0 Å². The predicted molar refractivity (Wildman–Crippen MR) is 120 cm³/mol. The van der Waals surface area contributed by atoms with Crippen LogP contribution in [-0.4, -0.2) is 60.3 Å². The fourth-order valence-corrected chi connectivity index (χ4v) is 4.52. The first-order valence-electron chi connectivity index (χ1n) is 10.8. The third-order valence-electron chi connectivity index (χ3n) is 6.42. The number of hydrogen-bond donors (Lipinski definition) is 1. The summed E-state index contributed by atoms with van der Waals surface area (Å²) in [6.07, 6.45) is 2.77. The fourth-order valence-electron chi connectivity index (χ4n) is 4.52. The number of pyridine rings is 1. The van der Waals surface area contributed by atoms with E-state index in [1.807, 2.05) is 43.6 Å². The van der Waals surface area contributed by atoms with E-state index in [1.165, 1.54) is 0 Å². The summed E-state index contributed by atoms with van der Waals surface area (Å²) in [6, 6.07) is 12.0. The highest BCUT2D eigenvalue weighted by Crippen LogP contribution is 2.40. The maximum atomic E-state index is 12.7. The van der Waals surface area contributed by atoms with Crippen molar-refractivity contribution in [3.8, 4) is 17.0 Å². The number of benzene rings is 1. The zero-order chi connectivity index (χ0) is 21.4. The first kappa shape index (κ1) is 20.0. The lowest BCUT2D eigenvalue weighted by Gasteiger charge is -2.26. The summed E-state index contributed by atoms with van der Waals surface area (Å²) in [5.41, 5.74) is 3.08. The number of carbonyl (C=O) groups is 1. The van der Waals surface area contributed by atoms with Crippen molar-refractivity contribution in [1.29, 1.82) is 0 Å². The molecule has 0 bridgehead atoms. The minimum atomic E-state index is 0.0750. The highest BCUT2D eigenvalue weighted by atomic mass is 16.5. The van der Waals surface area contributed by atoms with E-state index in [9.17, 15) is 4.79 Å². The molecule has 1 saturated heterocycles. The lowest BCUT2D eigenvalue weighted by Crippen LogP contribution is -2.38. The number of amides is 1. The Morgan fingerprint density at radius 3 is 2.87 bits per heavy atom. The maximum Gasteiger partial charge on any atom is 0.228 e. The molecule has 3 heterocycles. The number of anilines is 1. The zero-order valence-corrected chi connectivity index (χ0v) is 18.0. The first-order valence-corrected chi connectivity index (χ1v) is 10.8. The summed E-state index contributed by atoms with van der Waals surface area (Å²) >= 11 is 0. The van der Waals surface area contributed by atoms with Crippen LogP contribution in [0, 0.1) is 11.8 Å². The molecule has 1 amide bonds. The molecule has 7 heteroatoms. The summed E-state index contributed by atoms with van der Waals surface area (Å²) in [4.78, 5) is 19.6. The lowest BCUT2D eigenvalue weighted by atomic mass is 10.1. The second-order valence-electron chi connectivity index (χ2n) is 8.42. The van der Waals surface area contributed by atoms with Crippen LogP contribution < -0.4 is 10.1 Å². The molecule has 1 aliphatic carbocycles. The Kier molecular flexibility index (Phi) is 5.38. The quantitative estimate of drug-likeness (QED) is 0.664. The van der Waals surface area contributed by atoms with Gasteiger partial charge in [0.25, 0.3) is 0 Å². The Morgan fingerprint density at radius 1 is 1.26 bits per heavy atom. The van der Waals surface area contributed by atoms with Crippen LogP contribution in [0.25, 0.3) is 22.2 Å². The predicted octanol–water partition coefficient (Wildman–Crippen LogP) is 3.16. The van der Waals surface area contributed by atoms with E-state index in [0.29, 0.717) is 11.7 Å². The van der Waals surface area contributed by atoms with Crippen LogP contribution in [0.15, 0.2) is 42.6 Å². The normalized spacial score (nSPS) is 21.2. The monoisotopic (exact) mass is 420 g/mol. The highest BCUT2D eigenvalue weighted by Gasteiger charge is 2.43. The molecule has 0 spiro atoms. The molecule has 162 valence electrons. The molecule has 1 aromatic carbocycles. The molecular weight excluding hydrogens is 392 g/mol. The van der Waals surface area contributed by atoms with Gasteiger partial charge < -0.3 is 19.4 Å². The van der Waals surface area contributed by atoms with Crippen LogP contribution in [0.5, 0.6) is 5.75 Å². The van der Waals surface area contributed by atoms with Crippen LogP contribution >= 0.6 is 0 Å². The van der Waals surface area contributed by atoms with E-state index in [2.05, 4.69) is 25.8 Å². The number of aryl methyl sites for hydroxylation is 1. The summed E-state index contributed by atoms with van der Waals surface area (Å²) in [7, 11) is 3.70. The number of nitrogens with one attached hydrogen (secondary N) is 1. The summed E-state index contributed by atoms with van der Waals surface area (Å²) in [6.45, 7) is 4.49. The number of ether oxygens (including phenoxy) is 2. The second-order valence-corrected chi connectivity index (χ2v) is 8.42. The van der Waals surface area contributed by atoms with E-state index >= 15 is 0 Å². The van der Waals surface area contributed by atoms with Gasteiger partial charge in [-0.2, -0.15) is 0 Å². The highest BCUT2D eigenvalue weighted by molar-refractivity contribution is 5.96. The number of carbonyl (C=O) groups excluding carboxylic acids is 1. The third kappa shape index (κ3) is 4.03. The number of rotatable bonds is 6. The molecule has 31 heavy (non-hydrogen) atoms. The van der Waals surface area contributed by atoms with Crippen molar-refractivity contribution >= 4 is 22.6 Å². The van der Waals surface area contributed by atoms with Gasteiger partial charge in [0.1, 0.15) is 11.6 Å². The van der Waals surface area contributed by atoms with Crippen molar-refractivity contribution < 1.29 is 14.3 Å². The van der Waals surface area contributed by atoms with E-state index in [0.717, 1.165) is 67.2 Å². The molecule has 3 aromatic rings. The van der Waals surface area contributed by atoms with Crippen molar-refractivity contribution in [1.82, 2.24) is 14.5 Å². The number of fused-ring (bicyclic) bond motifs is 1. The van der Waals surface area contributed by atoms with Gasteiger partial charge in [-0.1, -0.05) is 12.1 Å². The van der Waals surface area contributed by atoms with E-state index in [1.54, 1.807) is 7.11 Å². The molecule has 5 rings (SSSR count). The van der Waals surface area contributed by atoms with Gasteiger partial charge in [-0.25, -0.2) is 4.98 Å². The average Bonchev–Trinajstić information content (AvgIpc) is 3.49. The fraction of sp³-hybridized carbons (Fsp3) is 0.417. The van der Waals surface area contributed by atoms with Crippen molar-refractivity contribution in [2.45, 2.75) is 6.42 Å². The molecule has 1 aliphatic heterocycles. The largest absolute Gasteiger partial charge is 0.496 e. The number of aromatic nitrogens is 2. The smallest absolute Gasteiger partial charge is 0.228 e. The molecule has 1 N–H and O–H groups in total. The molecule has 2 aromatic heterocycles. The SMILES string of the molecule is COc1ccccc1-c1cc2cc(NC(=O)[C@@H]3C[C@@H]3CN3CCOCC3)ncc2n1C. The topological polar surface area (TPSA) is 68.6 Å². The molecule has 0 unspecified atom stereocenters. The zero-order valence-electron chi connectivity index (χ0n) is 18.0. The minimum Gasteiger partial charge on any atom is -0.496 e. The molecule has 0 radical (unpaired) electrons. The minimum absolute atomic E-state index is 0.0750. The Bertz CT molecular complexity index is 1100. The van der Waals surface area contributed by atoms with Crippen molar-refractivity contribution in [2.24, 2.45) is 18.9 Å². The maximum absolute atomic E-state index is 12.7. The molecule has 7 nitrogen and oxygen atoms in total. The van der Waals surface area contributed by atoms with Gasteiger partial charge in [0, 0.05) is 43.5 Å². The Morgan fingerprint density at radius 2 is 2.06 bits per heavy atom. The van der Waals surface area contributed by atoms with Crippen LogP contribution in [0.1, 0.15) is 6.42 Å². The standard InChI is InChI=1S/C24H28N4O3/c1-27-20(18-5-3-4-6-22(18)30-2)12-16-13-23(25-14-21(16)27)26-24(29)19-11-17(19)15-28-7-9-31-10-8-28/h3-6,12-14,17,19H,7-11,15H2,1-2H3,(H,25,26,29)/t17-,19-/m1/s1. The molecular formula is C24H28N4O3. The number of nitrogens with zero attached hydrogens (tertiary/aromatic N) is 3. The number of morpholine rings is 1. The van der Waals surface area contributed by atoms with Crippen LogP contribution in [-0.2, 0) is 16.6 Å². The molecule has 2 aliphatic rings. The van der Waals surface area contributed by atoms with Crippen molar-refractivity contribution in [3.63, 3.8) is 0 Å². The Labute approximate surface area is 182 Å². The third-order valence-corrected chi connectivity index (χ3v) is 6.42. The van der Waals surface area contributed by atoms with Gasteiger partial charge in [-0.3, -0.25) is 9.69 Å². The van der Waals surface area contributed by atoms with Gasteiger partial charge in [-0.15, -0.1) is 0 Å². The Hall–Kier alpha value is -2.90. The van der Waals surface area contributed by atoms with Gasteiger partial charge in [-0.05, 0) is 36.6 Å². The summed E-state index contributed by atoms with van der Waals surface area (Å²) in [5, 5.41) is 4.06. The van der Waals surface area contributed by atoms with Crippen molar-refractivity contribution in [2.75, 3.05) is 45.3 Å². The van der Waals surface area contributed by atoms with Crippen LogP contribution in [0.2, 0.25) is 0 Å². The van der Waals surface area contributed by atoms with Crippen molar-refractivity contribution in [3.05, 3.63) is 42.6 Å². The number of hydrogen-bond acceptors (Lipinski definition) is 5. The van der Waals surface area contributed by atoms with E-state index in [4.69, 9.17) is 9.47 Å². The van der Waals surface area contributed by atoms with Crippen LogP contribution in [0.3, 0.4) is 0 Å². The van der Waals surface area contributed by atoms with Crippen LogP contribution in [0.4, 0.5) is 5.82 Å². The van der Waals surface area contributed by atoms with Gasteiger partial charge in [0.05, 0.1) is 37.7 Å². The second kappa shape index (κ2) is 8.32. The lowest BCUT2D eigenvalue weighted by molar-refractivity contribution is -0.117.